The number of rotatable bonds is 3. The molecule has 28 heavy (non-hydrogen) atoms. The molecule has 148 valence electrons. The lowest BCUT2D eigenvalue weighted by Crippen LogP contribution is -2.51. The first-order valence-electron chi connectivity index (χ1n) is 8.05. The Hall–Kier alpha value is -3.37. The number of carbonyl (C=O) groups excluding carboxylic acids is 3. The first-order valence-corrected chi connectivity index (χ1v) is 8.05. The Balaban J connectivity index is 1.87. The van der Waals surface area contributed by atoms with Gasteiger partial charge in [0.2, 0.25) is 11.7 Å². The van der Waals surface area contributed by atoms with Crippen molar-refractivity contribution in [1.82, 2.24) is 5.16 Å². The van der Waals surface area contributed by atoms with Crippen molar-refractivity contribution in [3.05, 3.63) is 41.8 Å². The number of aromatic nitrogens is 1. The molecular weight excluding hydrogens is 383 g/mol. The minimum Gasteiger partial charge on any atom is -0.450 e. The second kappa shape index (κ2) is 7.33. The number of amides is 2. The van der Waals surface area contributed by atoms with Crippen molar-refractivity contribution in [2.24, 2.45) is 0 Å². The Labute approximate surface area is 156 Å². The van der Waals surface area contributed by atoms with Crippen LogP contribution in [0.1, 0.15) is 22.7 Å². The normalized spacial score (nSPS) is 16.8. The summed E-state index contributed by atoms with van der Waals surface area (Å²) < 4.78 is 50.1. The molecule has 2 heterocycles. The number of anilines is 2. The number of carbonyl (C=O) groups is 3. The third-order valence-corrected chi connectivity index (χ3v) is 3.93. The summed E-state index contributed by atoms with van der Waals surface area (Å²) in [5.74, 6) is -3.37. The van der Waals surface area contributed by atoms with Gasteiger partial charge in [0.25, 0.3) is 5.91 Å². The van der Waals surface area contributed by atoms with E-state index in [-0.39, 0.29) is 17.1 Å². The van der Waals surface area contributed by atoms with Gasteiger partial charge in [0.1, 0.15) is 6.04 Å². The summed E-state index contributed by atoms with van der Waals surface area (Å²) in [6, 6.07) is 4.41. The highest BCUT2D eigenvalue weighted by Crippen LogP contribution is 2.37. The number of para-hydroxylation sites is 2. The van der Waals surface area contributed by atoms with Gasteiger partial charge in [-0.25, -0.2) is 4.79 Å². The molecule has 8 nitrogen and oxygen atoms in total. The molecular formula is C17H14F3N3O5. The fraction of sp³-hybridized carbons (Fsp3) is 0.294. The molecule has 1 aromatic carbocycles. The van der Waals surface area contributed by atoms with Gasteiger partial charge in [-0.05, 0) is 19.1 Å². The van der Waals surface area contributed by atoms with E-state index < -0.39 is 43.0 Å². The third-order valence-electron chi connectivity index (χ3n) is 3.93. The van der Waals surface area contributed by atoms with E-state index in [1.54, 1.807) is 6.92 Å². The Bertz CT molecular complexity index is 925. The lowest BCUT2D eigenvalue weighted by molar-refractivity contribution is -0.158. The van der Waals surface area contributed by atoms with E-state index in [2.05, 4.69) is 15.0 Å². The van der Waals surface area contributed by atoms with Crippen molar-refractivity contribution in [2.45, 2.75) is 25.6 Å². The van der Waals surface area contributed by atoms with Crippen LogP contribution in [-0.4, -0.2) is 41.8 Å². The zero-order valence-corrected chi connectivity index (χ0v) is 14.4. The predicted molar refractivity (Wildman–Crippen MR) is 88.5 cm³/mol. The molecule has 1 aliphatic heterocycles. The molecule has 1 aromatic heterocycles. The first kappa shape index (κ1) is 19.4. The van der Waals surface area contributed by atoms with Gasteiger partial charge in [-0.15, -0.1) is 0 Å². The Kier molecular flexibility index (Phi) is 5.08. The minimum atomic E-state index is -4.88. The van der Waals surface area contributed by atoms with Gasteiger partial charge in [-0.3, -0.25) is 14.5 Å². The maximum absolute atomic E-state index is 13.6. The summed E-state index contributed by atoms with van der Waals surface area (Å²) in [7, 11) is 0. The SMILES string of the molecule is Cc1cc(C(=O)OCC(=O)N2c3ccccc3NC(=O)CC2C(F)(F)F)on1. The fourth-order valence-electron chi connectivity index (χ4n) is 2.72. The number of alkyl halides is 3. The third kappa shape index (κ3) is 3.97. The van der Waals surface area contributed by atoms with Gasteiger partial charge in [-0.2, -0.15) is 13.2 Å². The smallest absolute Gasteiger partial charge is 0.409 e. The summed E-state index contributed by atoms with van der Waals surface area (Å²) >= 11 is 0. The highest BCUT2D eigenvalue weighted by atomic mass is 19.4. The van der Waals surface area contributed by atoms with E-state index in [1.165, 1.54) is 30.3 Å². The summed E-state index contributed by atoms with van der Waals surface area (Å²) in [5, 5.41) is 5.82. The molecule has 0 bridgehead atoms. The van der Waals surface area contributed by atoms with Crippen molar-refractivity contribution in [3.63, 3.8) is 0 Å². The van der Waals surface area contributed by atoms with Crippen molar-refractivity contribution < 1.29 is 36.8 Å². The summed E-state index contributed by atoms with van der Waals surface area (Å²) in [6.45, 7) is 0.575. The monoisotopic (exact) mass is 397 g/mol. The molecule has 0 spiro atoms. The van der Waals surface area contributed by atoms with E-state index in [0.717, 1.165) is 0 Å². The van der Waals surface area contributed by atoms with Crippen LogP contribution in [0.15, 0.2) is 34.9 Å². The molecule has 0 saturated carbocycles. The van der Waals surface area contributed by atoms with Crippen LogP contribution < -0.4 is 10.2 Å². The summed E-state index contributed by atoms with van der Waals surface area (Å²) in [6.07, 6.45) is -5.87. The van der Waals surface area contributed by atoms with Crippen LogP contribution in [0.25, 0.3) is 0 Å². The quantitative estimate of drug-likeness (QED) is 0.799. The zero-order valence-electron chi connectivity index (χ0n) is 14.4. The molecule has 0 saturated heterocycles. The molecule has 1 atom stereocenters. The molecule has 1 aliphatic rings. The highest BCUT2D eigenvalue weighted by molar-refractivity contribution is 6.05. The van der Waals surface area contributed by atoms with E-state index in [9.17, 15) is 27.6 Å². The lowest BCUT2D eigenvalue weighted by atomic mass is 10.1. The largest absolute Gasteiger partial charge is 0.450 e. The van der Waals surface area contributed by atoms with Crippen LogP contribution in [0.2, 0.25) is 0 Å². The Morgan fingerprint density at radius 3 is 2.71 bits per heavy atom. The van der Waals surface area contributed by atoms with E-state index in [4.69, 9.17) is 4.74 Å². The molecule has 1 N–H and O–H groups in total. The van der Waals surface area contributed by atoms with Crippen LogP contribution in [0.3, 0.4) is 0 Å². The number of ether oxygens (including phenoxy) is 1. The standard InChI is InChI=1S/C17H14F3N3O5/c1-9-6-12(28-22-9)16(26)27-8-15(25)23-11-5-3-2-4-10(11)21-14(24)7-13(23)17(18,19)20/h2-6,13H,7-8H2,1H3,(H,21,24). The molecule has 11 heteroatoms. The van der Waals surface area contributed by atoms with Gasteiger partial charge >= 0.3 is 12.1 Å². The maximum Gasteiger partial charge on any atom is 0.409 e. The minimum absolute atomic E-state index is 0.0461. The lowest BCUT2D eigenvalue weighted by Gasteiger charge is -2.31. The van der Waals surface area contributed by atoms with Crippen LogP contribution in [-0.2, 0) is 14.3 Å². The number of hydrogen-bond donors (Lipinski definition) is 1. The number of hydrogen-bond acceptors (Lipinski definition) is 6. The average molecular weight is 397 g/mol. The van der Waals surface area contributed by atoms with Crippen molar-refractivity contribution in [3.8, 4) is 0 Å². The maximum atomic E-state index is 13.6. The number of benzene rings is 1. The summed E-state index contributed by atoms with van der Waals surface area (Å²) in [5.41, 5.74) is 0.290. The van der Waals surface area contributed by atoms with Crippen molar-refractivity contribution in [1.29, 1.82) is 0 Å². The zero-order chi connectivity index (χ0) is 20.5. The van der Waals surface area contributed by atoms with E-state index >= 15 is 0 Å². The van der Waals surface area contributed by atoms with E-state index in [0.29, 0.717) is 10.6 Å². The predicted octanol–water partition coefficient (Wildman–Crippen LogP) is 2.45. The van der Waals surface area contributed by atoms with Crippen molar-refractivity contribution in [2.75, 3.05) is 16.8 Å². The van der Waals surface area contributed by atoms with E-state index in [1.807, 2.05) is 0 Å². The van der Waals surface area contributed by atoms with Crippen LogP contribution >= 0.6 is 0 Å². The number of halogens is 3. The fourth-order valence-corrected chi connectivity index (χ4v) is 2.72. The molecule has 2 amide bonds. The van der Waals surface area contributed by atoms with Crippen LogP contribution in [0.4, 0.5) is 24.5 Å². The Morgan fingerprint density at radius 2 is 2.07 bits per heavy atom. The van der Waals surface area contributed by atoms with Gasteiger partial charge in [0.15, 0.2) is 6.61 Å². The first-order chi connectivity index (χ1) is 13.2. The number of nitrogens with zero attached hydrogens (tertiary/aromatic N) is 2. The van der Waals surface area contributed by atoms with Crippen LogP contribution in [0.5, 0.6) is 0 Å². The van der Waals surface area contributed by atoms with Gasteiger partial charge in [0.05, 0.1) is 23.5 Å². The van der Waals surface area contributed by atoms with Gasteiger partial charge in [-0.1, -0.05) is 17.3 Å². The molecule has 0 radical (unpaired) electrons. The number of esters is 1. The molecule has 0 aliphatic carbocycles. The number of nitrogens with one attached hydrogen (secondary N) is 1. The van der Waals surface area contributed by atoms with Gasteiger partial charge < -0.3 is 14.6 Å². The second-order valence-corrected chi connectivity index (χ2v) is 6.00. The highest BCUT2D eigenvalue weighted by Gasteiger charge is 2.49. The van der Waals surface area contributed by atoms with Crippen molar-refractivity contribution >= 4 is 29.2 Å². The van der Waals surface area contributed by atoms with Crippen LogP contribution in [0, 0.1) is 6.92 Å². The molecule has 2 aromatic rings. The number of aryl methyl sites for hydroxylation is 1. The topological polar surface area (TPSA) is 102 Å². The molecule has 1 unspecified atom stereocenters. The average Bonchev–Trinajstić information content (AvgIpc) is 2.99. The number of fused-ring (bicyclic) bond motifs is 1. The van der Waals surface area contributed by atoms with Gasteiger partial charge in [0, 0.05) is 6.07 Å². The second-order valence-electron chi connectivity index (χ2n) is 6.00. The molecule has 3 rings (SSSR count). The summed E-state index contributed by atoms with van der Waals surface area (Å²) in [4.78, 5) is 36.7. The Morgan fingerprint density at radius 1 is 1.36 bits per heavy atom. The molecule has 0 fully saturated rings.